The van der Waals surface area contributed by atoms with Crippen LogP contribution in [0.25, 0.3) is 0 Å². The van der Waals surface area contributed by atoms with Gasteiger partial charge in [-0.05, 0) is 32.3 Å². The van der Waals surface area contributed by atoms with Gasteiger partial charge in [-0.25, -0.2) is 0 Å². The summed E-state index contributed by atoms with van der Waals surface area (Å²) in [5.74, 6) is 0. The lowest BCUT2D eigenvalue weighted by Gasteiger charge is -2.21. The highest BCUT2D eigenvalue weighted by Gasteiger charge is 2.39. The van der Waals surface area contributed by atoms with Crippen LogP contribution in [0.1, 0.15) is 31.9 Å². The van der Waals surface area contributed by atoms with Gasteiger partial charge in [0.15, 0.2) is 0 Å². The van der Waals surface area contributed by atoms with Crippen LogP contribution >= 0.6 is 0 Å². The van der Waals surface area contributed by atoms with E-state index in [0.717, 1.165) is 6.92 Å². The van der Waals surface area contributed by atoms with Crippen LogP contribution in [-0.2, 0) is 21.7 Å². The molecule has 0 radical (unpaired) electrons. The molecule has 1 rings (SSSR count). The average Bonchev–Trinajstić information content (AvgIpc) is 2.34. The second kappa shape index (κ2) is 7.10. The van der Waals surface area contributed by atoms with Crippen LogP contribution in [0.4, 0.5) is 26.3 Å². The third-order valence-electron chi connectivity index (χ3n) is 2.60. The third-order valence-corrected chi connectivity index (χ3v) is 2.60. The van der Waals surface area contributed by atoms with E-state index in [4.69, 9.17) is 9.31 Å². The van der Waals surface area contributed by atoms with Crippen LogP contribution in [0, 0.1) is 0 Å². The maximum absolute atomic E-state index is 12.8. The molecule has 0 saturated heterocycles. The van der Waals surface area contributed by atoms with E-state index in [1.54, 1.807) is 0 Å². The fourth-order valence-electron chi connectivity index (χ4n) is 1.73. The molecule has 0 fully saturated rings. The van der Waals surface area contributed by atoms with Gasteiger partial charge in [0.05, 0.1) is 11.1 Å². The zero-order chi connectivity index (χ0) is 18.0. The highest BCUT2D eigenvalue weighted by atomic mass is 19.4. The summed E-state index contributed by atoms with van der Waals surface area (Å²) in [6.07, 6.45) is -11.9. The van der Waals surface area contributed by atoms with Crippen LogP contribution in [-0.4, -0.2) is 24.6 Å². The summed E-state index contributed by atoms with van der Waals surface area (Å²) in [6, 6.07) is 1.02. The van der Waals surface area contributed by atoms with E-state index in [1.165, 1.54) is 13.8 Å². The van der Waals surface area contributed by atoms with Crippen molar-refractivity contribution in [2.45, 2.75) is 45.5 Å². The van der Waals surface area contributed by atoms with Crippen molar-refractivity contribution in [1.82, 2.24) is 0 Å². The summed E-state index contributed by atoms with van der Waals surface area (Å²) in [4.78, 5) is 0. The minimum atomic E-state index is -4.97. The van der Waals surface area contributed by atoms with Crippen LogP contribution in [0.5, 0.6) is 0 Å². The molecule has 0 aliphatic carbocycles. The molecule has 130 valence electrons. The fourth-order valence-corrected chi connectivity index (χ4v) is 1.73. The molecule has 0 heterocycles. The Morgan fingerprint density at radius 3 is 1.61 bits per heavy atom. The van der Waals surface area contributed by atoms with Gasteiger partial charge in [-0.1, -0.05) is 12.1 Å². The van der Waals surface area contributed by atoms with Gasteiger partial charge in [0.1, 0.15) is 6.29 Å². The Bertz CT molecular complexity index is 485. The fraction of sp³-hybridized carbons (Fsp3) is 0.538. The molecule has 0 aromatic heterocycles. The Morgan fingerprint density at radius 1 is 0.870 bits per heavy atom. The predicted molar refractivity (Wildman–Crippen MR) is 70.8 cm³/mol. The van der Waals surface area contributed by atoms with Crippen LogP contribution < -0.4 is 5.46 Å². The standard InChI is InChI=1S/C13H15BF6O3/c1-7(2)22-14(23-8(3)21)11-5-9(12(15,16)17)4-10(6-11)13(18,19)20/h4-8,21H,1-3H3. The largest absolute Gasteiger partial charge is 0.495 e. The van der Waals surface area contributed by atoms with Crippen LogP contribution in [0.3, 0.4) is 0 Å². The molecular weight excluding hydrogens is 329 g/mol. The van der Waals surface area contributed by atoms with Gasteiger partial charge in [0, 0.05) is 6.10 Å². The van der Waals surface area contributed by atoms with Crippen molar-refractivity contribution < 1.29 is 40.8 Å². The third kappa shape index (κ3) is 6.04. The normalized spacial score (nSPS) is 14.2. The molecule has 0 bridgehead atoms. The molecular formula is C13H15BF6O3. The van der Waals surface area contributed by atoms with Crippen molar-refractivity contribution in [3.8, 4) is 0 Å². The molecule has 1 aromatic carbocycles. The first kappa shape index (κ1) is 19.8. The minimum Gasteiger partial charge on any atom is -0.405 e. The molecule has 3 nitrogen and oxygen atoms in total. The molecule has 0 aliphatic heterocycles. The SMILES string of the molecule is CC(C)OB(OC(C)O)c1cc(C(F)(F)F)cc(C(F)(F)F)c1. The number of alkyl halides is 6. The summed E-state index contributed by atoms with van der Waals surface area (Å²) in [5.41, 5.74) is -3.44. The Labute approximate surface area is 129 Å². The number of rotatable bonds is 5. The first-order chi connectivity index (χ1) is 10.3. The van der Waals surface area contributed by atoms with Crippen LogP contribution in [0.15, 0.2) is 18.2 Å². The molecule has 23 heavy (non-hydrogen) atoms. The Morgan fingerprint density at radius 2 is 1.30 bits per heavy atom. The summed E-state index contributed by atoms with van der Waals surface area (Å²) < 4.78 is 87.0. The van der Waals surface area contributed by atoms with Crippen molar-refractivity contribution >= 4 is 12.6 Å². The number of halogens is 6. The first-order valence-corrected chi connectivity index (χ1v) is 6.59. The molecule has 0 amide bonds. The van der Waals surface area contributed by atoms with Crippen LogP contribution in [0.2, 0.25) is 0 Å². The van der Waals surface area contributed by atoms with Gasteiger partial charge in [0.25, 0.3) is 0 Å². The average molecular weight is 344 g/mol. The van der Waals surface area contributed by atoms with E-state index in [1.807, 2.05) is 0 Å². The smallest absolute Gasteiger partial charge is 0.405 e. The lowest BCUT2D eigenvalue weighted by molar-refractivity contribution is -0.142. The van der Waals surface area contributed by atoms with Gasteiger partial charge in [-0.15, -0.1) is 0 Å². The molecule has 10 heteroatoms. The lowest BCUT2D eigenvalue weighted by Crippen LogP contribution is -2.42. The molecule has 0 aliphatic rings. The van der Waals surface area contributed by atoms with E-state index in [-0.39, 0.29) is 6.07 Å². The summed E-state index contributed by atoms with van der Waals surface area (Å²) in [7, 11) is -1.57. The highest BCUT2D eigenvalue weighted by molar-refractivity contribution is 6.61. The summed E-state index contributed by atoms with van der Waals surface area (Å²) in [5, 5.41) is 9.21. The topological polar surface area (TPSA) is 38.7 Å². The predicted octanol–water partition coefficient (Wildman–Crippen LogP) is 3.20. The highest BCUT2D eigenvalue weighted by Crippen LogP contribution is 2.34. The molecule has 1 atom stereocenters. The number of aliphatic hydroxyl groups excluding tert-OH is 1. The van der Waals surface area contributed by atoms with Gasteiger partial charge in [-0.3, -0.25) is 0 Å². The zero-order valence-electron chi connectivity index (χ0n) is 12.5. The Hall–Kier alpha value is -1.26. The van der Waals surface area contributed by atoms with E-state index in [0.29, 0.717) is 12.1 Å². The van der Waals surface area contributed by atoms with Gasteiger partial charge in [0.2, 0.25) is 0 Å². The summed E-state index contributed by atoms with van der Waals surface area (Å²) >= 11 is 0. The van der Waals surface area contributed by atoms with Crippen molar-refractivity contribution in [2.24, 2.45) is 0 Å². The molecule has 0 spiro atoms. The minimum absolute atomic E-state index is 0.0122. The zero-order valence-corrected chi connectivity index (χ0v) is 12.5. The van der Waals surface area contributed by atoms with E-state index < -0.39 is 48.5 Å². The molecule has 1 aromatic rings. The lowest BCUT2D eigenvalue weighted by atomic mass is 9.76. The number of hydrogen-bond acceptors (Lipinski definition) is 3. The van der Waals surface area contributed by atoms with E-state index >= 15 is 0 Å². The van der Waals surface area contributed by atoms with Crippen molar-refractivity contribution in [3.63, 3.8) is 0 Å². The van der Waals surface area contributed by atoms with Gasteiger partial charge in [-0.2, -0.15) is 26.3 Å². The van der Waals surface area contributed by atoms with E-state index in [9.17, 15) is 31.4 Å². The monoisotopic (exact) mass is 344 g/mol. The second-order valence-corrected chi connectivity index (χ2v) is 5.09. The second-order valence-electron chi connectivity index (χ2n) is 5.09. The van der Waals surface area contributed by atoms with Gasteiger partial charge >= 0.3 is 19.5 Å². The quantitative estimate of drug-likeness (QED) is 0.507. The van der Waals surface area contributed by atoms with Crippen molar-refractivity contribution in [2.75, 3.05) is 0 Å². The Balaban J connectivity index is 3.41. The van der Waals surface area contributed by atoms with Gasteiger partial charge < -0.3 is 14.4 Å². The number of hydrogen-bond donors (Lipinski definition) is 1. The van der Waals surface area contributed by atoms with E-state index in [2.05, 4.69) is 0 Å². The first-order valence-electron chi connectivity index (χ1n) is 6.59. The van der Waals surface area contributed by atoms with Crippen molar-refractivity contribution in [3.05, 3.63) is 29.3 Å². The Kier molecular flexibility index (Phi) is 6.11. The number of benzene rings is 1. The number of aliphatic hydroxyl groups is 1. The molecule has 1 unspecified atom stereocenters. The molecule has 0 saturated carbocycles. The summed E-state index contributed by atoms with van der Waals surface area (Å²) in [6.45, 7) is 4.21. The maximum Gasteiger partial charge on any atom is 0.495 e. The molecule has 1 N–H and O–H groups in total. The maximum atomic E-state index is 12.8. The van der Waals surface area contributed by atoms with Crippen molar-refractivity contribution in [1.29, 1.82) is 0 Å².